The summed E-state index contributed by atoms with van der Waals surface area (Å²) in [5.41, 5.74) is 0.916. The Morgan fingerprint density at radius 3 is 2.37 bits per heavy atom. The van der Waals surface area contributed by atoms with E-state index >= 15 is 0 Å². The minimum Gasteiger partial charge on any atom is -0.370 e. The molecule has 0 spiro atoms. The zero-order chi connectivity index (χ0) is 14.0. The molecule has 1 saturated carbocycles. The molecule has 0 saturated heterocycles. The van der Waals surface area contributed by atoms with Crippen LogP contribution < -0.4 is 0 Å². The molecule has 1 aromatic rings. The largest absolute Gasteiger partial charge is 0.370 e. The molecule has 0 unspecified atom stereocenters. The molecule has 3 heteroatoms. The summed E-state index contributed by atoms with van der Waals surface area (Å²) in [6, 6.07) is 3.27. The first kappa shape index (κ1) is 14.2. The van der Waals surface area contributed by atoms with Crippen LogP contribution in [0.1, 0.15) is 53.6 Å². The molecule has 2 rings (SSSR count). The summed E-state index contributed by atoms with van der Waals surface area (Å²) in [5, 5.41) is 0. The number of carbonyl (C=O) groups is 1. The van der Waals surface area contributed by atoms with E-state index in [4.69, 9.17) is 4.74 Å². The number of ketones is 1. The standard InChI is InChI=1S/C16H21FO2/c1-11-9-12(2)14(13(17)10-11)15(18)16(19-3)7-5-4-6-8-16/h9-10H,4-8H2,1-3H3. The van der Waals surface area contributed by atoms with Gasteiger partial charge in [0.1, 0.15) is 11.4 Å². The molecule has 0 radical (unpaired) electrons. The zero-order valence-corrected chi connectivity index (χ0v) is 11.9. The third kappa shape index (κ3) is 2.57. The summed E-state index contributed by atoms with van der Waals surface area (Å²) in [7, 11) is 1.56. The van der Waals surface area contributed by atoms with Crippen molar-refractivity contribution in [2.24, 2.45) is 0 Å². The fraction of sp³-hybridized carbons (Fsp3) is 0.562. The molecular formula is C16H21FO2. The average molecular weight is 264 g/mol. The lowest BCUT2D eigenvalue weighted by molar-refractivity contribution is -0.0197. The van der Waals surface area contributed by atoms with Gasteiger partial charge in [0.2, 0.25) is 0 Å². The molecule has 0 aromatic heterocycles. The van der Waals surface area contributed by atoms with Gasteiger partial charge >= 0.3 is 0 Å². The summed E-state index contributed by atoms with van der Waals surface area (Å²) in [6.45, 7) is 3.62. The summed E-state index contributed by atoms with van der Waals surface area (Å²) < 4.78 is 19.7. The lowest BCUT2D eigenvalue weighted by Gasteiger charge is -2.35. The van der Waals surface area contributed by atoms with Crippen LogP contribution in [0.5, 0.6) is 0 Å². The van der Waals surface area contributed by atoms with E-state index in [-0.39, 0.29) is 11.3 Å². The van der Waals surface area contributed by atoms with E-state index in [1.54, 1.807) is 14.0 Å². The molecule has 0 N–H and O–H groups in total. The first-order chi connectivity index (χ1) is 9.00. The van der Waals surface area contributed by atoms with Crippen LogP contribution in [-0.2, 0) is 4.74 Å². The number of carbonyl (C=O) groups excluding carboxylic acids is 1. The SMILES string of the molecule is COC1(C(=O)c2c(C)cc(C)cc2F)CCCCC1. The first-order valence-electron chi connectivity index (χ1n) is 6.87. The van der Waals surface area contributed by atoms with Gasteiger partial charge in [-0.2, -0.15) is 0 Å². The number of hydrogen-bond donors (Lipinski definition) is 0. The van der Waals surface area contributed by atoms with E-state index in [2.05, 4.69) is 0 Å². The van der Waals surface area contributed by atoms with Crippen LogP contribution in [0.25, 0.3) is 0 Å². The third-order valence-corrected chi connectivity index (χ3v) is 4.12. The summed E-state index contributed by atoms with van der Waals surface area (Å²) >= 11 is 0. The quantitative estimate of drug-likeness (QED) is 0.772. The highest BCUT2D eigenvalue weighted by molar-refractivity contribution is 6.04. The lowest BCUT2D eigenvalue weighted by Crippen LogP contribution is -2.43. The van der Waals surface area contributed by atoms with Crippen LogP contribution in [0.3, 0.4) is 0 Å². The minimum atomic E-state index is -0.820. The molecule has 19 heavy (non-hydrogen) atoms. The maximum Gasteiger partial charge on any atom is 0.197 e. The average Bonchev–Trinajstić information content (AvgIpc) is 2.38. The Morgan fingerprint density at radius 2 is 1.84 bits per heavy atom. The van der Waals surface area contributed by atoms with Crippen LogP contribution in [0.15, 0.2) is 12.1 Å². The number of benzene rings is 1. The summed E-state index contributed by atoms with van der Waals surface area (Å²) in [4.78, 5) is 12.7. The Balaban J connectivity index is 2.43. The number of aryl methyl sites for hydroxylation is 2. The molecule has 0 heterocycles. The Morgan fingerprint density at radius 1 is 1.21 bits per heavy atom. The lowest BCUT2D eigenvalue weighted by atomic mass is 9.78. The van der Waals surface area contributed by atoms with Crippen LogP contribution in [-0.4, -0.2) is 18.5 Å². The van der Waals surface area contributed by atoms with Crippen LogP contribution in [0.2, 0.25) is 0 Å². The van der Waals surface area contributed by atoms with Crippen LogP contribution >= 0.6 is 0 Å². The van der Waals surface area contributed by atoms with Crippen molar-refractivity contribution in [3.63, 3.8) is 0 Å². The molecule has 1 fully saturated rings. The van der Waals surface area contributed by atoms with Crippen molar-refractivity contribution in [2.45, 2.75) is 51.6 Å². The van der Waals surface area contributed by atoms with E-state index in [0.29, 0.717) is 18.4 Å². The van der Waals surface area contributed by atoms with Crippen molar-refractivity contribution in [1.82, 2.24) is 0 Å². The number of rotatable bonds is 3. The van der Waals surface area contributed by atoms with Gasteiger partial charge in [0, 0.05) is 7.11 Å². The zero-order valence-electron chi connectivity index (χ0n) is 11.9. The second-order valence-electron chi connectivity index (χ2n) is 5.53. The summed E-state index contributed by atoms with van der Waals surface area (Å²) in [5.74, 6) is -0.616. The van der Waals surface area contributed by atoms with E-state index in [9.17, 15) is 9.18 Å². The number of Topliss-reactive ketones (excluding diaryl/α,β-unsaturated/α-hetero) is 1. The number of methoxy groups -OCH3 is 1. The normalized spacial score (nSPS) is 18.3. The van der Waals surface area contributed by atoms with Gasteiger partial charge in [-0.1, -0.05) is 25.3 Å². The summed E-state index contributed by atoms with van der Waals surface area (Å²) in [6.07, 6.45) is 4.43. The molecule has 1 aliphatic rings. The van der Waals surface area contributed by atoms with Crippen molar-refractivity contribution in [3.05, 3.63) is 34.6 Å². The van der Waals surface area contributed by atoms with Gasteiger partial charge in [-0.15, -0.1) is 0 Å². The molecular weight excluding hydrogens is 243 g/mol. The highest BCUT2D eigenvalue weighted by Crippen LogP contribution is 2.35. The predicted molar refractivity (Wildman–Crippen MR) is 73.0 cm³/mol. The second-order valence-corrected chi connectivity index (χ2v) is 5.53. The molecule has 1 aliphatic carbocycles. The van der Waals surface area contributed by atoms with Gasteiger partial charge in [-0.05, 0) is 43.9 Å². The molecule has 0 atom stereocenters. The predicted octanol–water partition coefficient (Wildman–Crippen LogP) is 3.97. The molecule has 2 nitrogen and oxygen atoms in total. The van der Waals surface area contributed by atoms with Crippen molar-refractivity contribution in [3.8, 4) is 0 Å². The maximum atomic E-state index is 14.1. The molecule has 104 valence electrons. The van der Waals surface area contributed by atoms with Gasteiger partial charge in [0.05, 0.1) is 5.56 Å². The Bertz CT molecular complexity index is 465. The molecule has 0 amide bonds. The van der Waals surface area contributed by atoms with Crippen molar-refractivity contribution in [1.29, 1.82) is 0 Å². The monoisotopic (exact) mass is 264 g/mol. The maximum absolute atomic E-state index is 14.1. The highest BCUT2D eigenvalue weighted by Gasteiger charge is 2.41. The van der Waals surface area contributed by atoms with Gasteiger partial charge in [0.15, 0.2) is 5.78 Å². The fourth-order valence-corrected chi connectivity index (χ4v) is 3.08. The van der Waals surface area contributed by atoms with E-state index < -0.39 is 11.4 Å². The molecule has 0 aliphatic heterocycles. The first-order valence-corrected chi connectivity index (χ1v) is 6.87. The van der Waals surface area contributed by atoms with E-state index in [1.165, 1.54) is 6.07 Å². The molecule has 0 bridgehead atoms. The van der Waals surface area contributed by atoms with Crippen LogP contribution in [0.4, 0.5) is 4.39 Å². The van der Waals surface area contributed by atoms with Crippen molar-refractivity contribution < 1.29 is 13.9 Å². The number of hydrogen-bond acceptors (Lipinski definition) is 2. The van der Waals surface area contributed by atoms with Gasteiger partial charge in [-0.3, -0.25) is 4.79 Å². The molecule has 1 aromatic carbocycles. The number of halogens is 1. The topological polar surface area (TPSA) is 26.3 Å². The van der Waals surface area contributed by atoms with Gasteiger partial charge in [0.25, 0.3) is 0 Å². The van der Waals surface area contributed by atoms with Crippen LogP contribution in [0, 0.1) is 19.7 Å². The number of ether oxygens (including phenoxy) is 1. The van der Waals surface area contributed by atoms with Crippen molar-refractivity contribution >= 4 is 5.78 Å². The van der Waals surface area contributed by atoms with Gasteiger partial charge < -0.3 is 4.74 Å². The Hall–Kier alpha value is -1.22. The Labute approximate surface area is 114 Å². The van der Waals surface area contributed by atoms with E-state index in [1.807, 2.05) is 13.0 Å². The second kappa shape index (κ2) is 5.41. The highest BCUT2D eigenvalue weighted by atomic mass is 19.1. The Kier molecular flexibility index (Phi) is 4.04. The fourth-order valence-electron chi connectivity index (χ4n) is 3.08. The smallest absolute Gasteiger partial charge is 0.197 e. The van der Waals surface area contributed by atoms with Gasteiger partial charge in [-0.25, -0.2) is 4.39 Å². The minimum absolute atomic E-state index is 0.190. The van der Waals surface area contributed by atoms with Crippen molar-refractivity contribution in [2.75, 3.05) is 7.11 Å². The van der Waals surface area contributed by atoms with E-state index in [0.717, 1.165) is 24.8 Å². The third-order valence-electron chi connectivity index (χ3n) is 4.12.